The van der Waals surface area contributed by atoms with Crippen LogP contribution in [0.5, 0.6) is 0 Å². The van der Waals surface area contributed by atoms with Gasteiger partial charge in [-0.25, -0.2) is 0 Å². The van der Waals surface area contributed by atoms with Gasteiger partial charge in [0.15, 0.2) is 5.96 Å². The summed E-state index contributed by atoms with van der Waals surface area (Å²) in [6.45, 7) is 10.3. The molecule has 0 aliphatic carbocycles. The van der Waals surface area contributed by atoms with E-state index in [0.29, 0.717) is 5.92 Å². The maximum atomic E-state index is 5.48. The standard InChI is InChI=1S/C19H31N3O2/c1-15-10-16(2)13-22(12-15)19(21-11-17-6-9-23-14-17)20-7-5-18-4-3-8-24-18/h3-4,8,15-17H,5-7,9-14H2,1-2H3,(H,20,21). The van der Waals surface area contributed by atoms with Crippen molar-refractivity contribution in [3.63, 3.8) is 0 Å². The Morgan fingerprint density at radius 3 is 2.83 bits per heavy atom. The Labute approximate surface area is 145 Å². The average molecular weight is 333 g/mol. The minimum Gasteiger partial charge on any atom is -0.469 e. The number of hydrogen-bond donors (Lipinski definition) is 1. The normalized spacial score (nSPS) is 28.3. The van der Waals surface area contributed by atoms with E-state index < -0.39 is 0 Å². The van der Waals surface area contributed by atoms with Crippen molar-refractivity contribution in [1.82, 2.24) is 10.2 Å². The molecule has 0 radical (unpaired) electrons. The minimum absolute atomic E-state index is 0.575. The van der Waals surface area contributed by atoms with Gasteiger partial charge in [-0.1, -0.05) is 13.8 Å². The first kappa shape index (κ1) is 17.3. The van der Waals surface area contributed by atoms with Gasteiger partial charge < -0.3 is 19.4 Å². The van der Waals surface area contributed by atoms with Crippen LogP contribution in [-0.2, 0) is 11.2 Å². The fourth-order valence-electron chi connectivity index (χ4n) is 3.80. The molecule has 5 nitrogen and oxygen atoms in total. The molecule has 3 unspecified atom stereocenters. The van der Waals surface area contributed by atoms with Gasteiger partial charge in [-0.3, -0.25) is 4.99 Å². The summed E-state index contributed by atoms with van der Waals surface area (Å²) in [7, 11) is 0. The molecule has 1 aromatic heterocycles. The SMILES string of the molecule is CC1CC(C)CN(C(=NCC2CCOC2)NCCc2ccco2)C1. The molecule has 0 aromatic carbocycles. The van der Waals surface area contributed by atoms with Crippen molar-refractivity contribution in [3.8, 4) is 0 Å². The smallest absolute Gasteiger partial charge is 0.193 e. The molecule has 0 amide bonds. The van der Waals surface area contributed by atoms with Crippen LogP contribution >= 0.6 is 0 Å². The van der Waals surface area contributed by atoms with Gasteiger partial charge in [0.2, 0.25) is 0 Å². The summed E-state index contributed by atoms with van der Waals surface area (Å²) in [6, 6.07) is 3.97. The molecule has 0 bridgehead atoms. The van der Waals surface area contributed by atoms with E-state index >= 15 is 0 Å². The van der Waals surface area contributed by atoms with Crippen LogP contribution in [0.1, 0.15) is 32.4 Å². The second-order valence-corrected chi connectivity index (χ2v) is 7.50. The van der Waals surface area contributed by atoms with E-state index in [2.05, 4.69) is 24.1 Å². The fourth-order valence-corrected chi connectivity index (χ4v) is 3.80. The van der Waals surface area contributed by atoms with Crippen LogP contribution in [0, 0.1) is 17.8 Å². The first-order chi connectivity index (χ1) is 11.7. The lowest BCUT2D eigenvalue weighted by Gasteiger charge is -2.37. The topological polar surface area (TPSA) is 50.0 Å². The van der Waals surface area contributed by atoms with Gasteiger partial charge in [0.25, 0.3) is 0 Å². The molecule has 5 heteroatoms. The molecular weight excluding hydrogens is 302 g/mol. The summed E-state index contributed by atoms with van der Waals surface area (Å²) in [5, 5.41) is 3.57. The monoisotopic (exact) mass is 333 g/mol. The number of likely N-dealkylation sites (tertiary alicyclic amines) is 1. The number of rotatable bonds is 5. The van der Waals surface area contributed by atoms with Crippen molar-refractivity contribution < 1.29 is 9.15 Å². The molecule has 0 saturated carbocycles. The number of hydrogen-bond acceptors (Lipinski definition) is 3. The number of piperidine rings is 1. The summed E-state index contributed by atoms with van der Waals surface area (Å²) in [5.74, 6) is 4.10. The molecule has 24 heavy (non-hydrogen) atoms. The van der Waals surface area contributed by atoms with Crippen LogP contribution in [-0.4, -0.2) is 50.3 Å². The van der Waals surface area contributed by atoms with Crippen molar-refractivity contribution in [2.45, 2.75) is 33.1 Å². The van der Waals surface area contributed by atoms with E-state index in [-0.39, 0.29) is 0 Å². The quantitative estimate of drug-likeness (QED) is 0.665. The van der Waals surface area contributed by atoms with Crippen molar-refractivity contribution in [1.29, 1.82) is 0 Å². The predicted molar refractivity (Wildman–Crippen MR) is 96.2 cm³/mol. The van der Waals surface area contributed by atoms with Crippen LogP contribution in [0.4, 0.5) is 0 Å². The van der Waals surface area contributed by atoms with E-state index in [9.17, 15) is 0 Å². The summed E-state index contributed by atoms with van der Waals surface area (Å²) in [4.78, 5) is 7.38. The minimum atomic E-state index is 0.575. The summed E-state index contributed by atoms with van der Waals surface area (Å²) in [5.41, 5.74) is 0. The number of nitrogens with zero attached hydrogens (tertiary/aromatic N) is 2. The Morgan fingerprint density at radius 2 is 2.17 bits per heavy atom. The molecule has 2 aliphatic heterocycles. The summed E-state index contributed by atoms with van der Waals surface area (Å²) in [6.07, 6.45) is 5.07. The van der Waals surface area contributed by atoms with E-state index in [1.54, 1.807) is 6.26 Å². The van der Waals surface area contributed by atoms with Gasteiger partial charge in [0.05, 0.1) is 12.9 Å². The molecule has 1 N–H and O–H groups in total. The number of nitrogens with one attached hydrogen (secondary N) is 1. The molecule has 2 aliphatic rings. The maximum absolute atomic E-state index is 5.48. The highest BCUT2D eigenvalue weighted by atomic mass is 16.5. The second kappa shape index (κ2) is 8.56. The van der Waals surface area contributed by atoms with Crippen LogP contribution in [0.25, 0.3) is 0 Å². The van der Waals surface area contributed by atoms with Gasteiger partial charge >= 0.3 is 0 Å². The largest absolute Gasteiger partial charge is 0.469 e. The molecule has 0 spiro atoms. The number of ether oxygens (including phenoxy) is 1. The highest BCUT2D eigenvalue weighted by Crippen LogP contribution is 2.21. The van der Waals surface area contributed by atoms with Crippen molar-refractivity contribution in [3.05, 3.63) is 24.2 Å². The summed E-state index contributed by atoms with van der Waals surface area (Å²) >= 11 is 0. The maximum Gasteiger partial charge on any atom is 0.193 e. The molecular formula is C19H31N3O2. The highest BCUT2D eigenvalue weighted by Gasteiger charge is 2.24. The van der Waals surface area contributed by atoms with Crippen molar-refractivity contribution >= 4 is 5.96 Å². The molecule has 3 atom stereocenters. The molecule has 3 heterocycles. The van der Waals surface area contributed by atoms with Crippen molar-refractivity contribution in [2.24, 2.45) is 22.7 Å². The lowest BCUT2D eigenvalue weighted by Crippen LogP contribution is -2.49. The van der Waals surface area contributed by atoms with E-state index in [4.69, 9.17) is 14.1 Å². The Balaban J connectivity index is 1.59. The first-order valence-electron chi connectivity index (χ1n) is 9.34. The van der Waals surface area contributed by atoms with Crippen molar-refractivity contribution in [2.75, 3.05) is 39.4 Å². The fraction of sp³-hybridized carbons (Fsp3) is 0.737. The van der Waals surface area contributed by atoms with E-state index in [1.165, 1.54) is 6.42 Å². The molecule has 2 saturated heterocycles. The Kier molecular flexibility index (Phi) is 6.18. The number of aliphatic imine (C=N–C) groups is 1. The number of furan rings is 1. The third kappa shape index (κ3) is 5.00. The average Bonchev–Trinajstić information content (AvgIpc) is 3.23. The highest BCUT2D eigenvalue weighted by molar-refractivity contribution is 5.80. The molecule has 1 aromatic rings. The Hall–Kier alpha value is -1.49. The van der Waals surface area contributed by atoms with E-state index in [0.717, 1.165) is 75.8 Å². The lowest BCUT2D eigenvalue weighted by molar-refractivity contribution is 0.186. The van der Waals surface area contributed by atoms with Gasteiger partial charge in [0.1, 0.15) is 5.76 Å². The Bertz CT molecular complexity index is 499. The van der Waals surface area contributed by atoms with Crippen LogP contribution in [0.3, 0.4) is 0 Å². The van der Waals surface area contributed by atoms with Gasteiger partial charge in [0, 0.05) is 45.1 Å². The molecule has 2 fully saturated rings. The lowest BCUT2D eigenvalue weighted by atomic mass is 9.92. The van der Waals surface area contributed by atoms with Gasteiger partial charge in [-0.05, 0) is 36.8 Å². The third-order valence-electron chi connectivity index (χ3n) is 4.93. The molecule has 3 rings (SSSR count). The summed E-state index contributed by atoms with van der Waals surface area (Å²) < 4.78 is 10.9. The van der Waals surface area contributed by atoms with E-state index in [1.807, 2.05) is 12.1 Å². The van der Waals surface area contributed by atoms with Crippen LogP contribution < -0.4 is 5.32 Å². The third-order valence-corrected chi connectivity index (χ3v) is 4.93. The van der Waals surface area contributed by atoms with Crippen LogP contribution in [0.2, 0.25) is 0 Å². The first-order valence-corrected chi connectivity index (χ1v) is 9.34. The zero-order valence-electron chi connectivity index (χ0n) is 15.0. The van der Waals surface area contributed by atoms with Crippen LogP contribution in [0.15, 0.2) is 27.8 Å². The number of guanidine groups is 1. The van der Waals surface area contributed by atoms with Gasteiger partial charge in [-0.2, -0.15) is 0 Å². The molecule has 134 valence electrons. The second-order valence-electron chi connectivity index (χ2n) is 7.50. The zero-order chi connectivity index (χ0) is 16.8. The van der Waals surface area contributed by atoms with Gasteiger partial charge in [-0.15, -0.1) is 0 Å². The zero-order valence-corrected chi connectivity index (χ0v) is 15.0. The Morgan fingerprint density at radius 1 is 1.33 bits per heavy atom. The predicted octanol–water partition coefficient (Wildman–Crippen LogP) is 2.78.